The van der Waals surface area contributed by atoms with Gasteiger partial charge in [-0.05, 0) is 68.6 Å². The van der Waals surface area contributed by atoms with E-state index in [-0.39, 0.29) is 6.04 Å². The molecule has 0 saturated heterocycles. The van der Waals surface area contributed by atoms with Gasteiger partial charge in [-0.3, -0.25) is 4.79 Å². The molecule has 1 N–H and O–H groups in total. The lowest BCUT2D eigenvalue weighted by molar-refractivity contribution is -0.158. The van der Waals surface area contributed by atoms with Crippen LogP contribution in [0.2, 0.25) is 0 Å². The van der Waals surface area contributed by atoms with Gasteiger partial charge < -0.3 is 10.0 Å². The minimum Gasteiger partial charge on any atom is -0.474 e. The van der Waals surface area contributed by atoms with E-state index in [1.165, 1.54) is 37.0 Å². The normalized spacial score (nSPS) is 41.1. The number of carbonyl (C=O) groups excluding carboxylic acids is 1. The standard InChI is InChI=1S/C15H23NO3/c1-8(16(2)14(17)15(18)19)13-11-4-9-3-10(6-11)7-12(13)5-9/h8-13H,3-7H2,1-2H3,(H,18,19). The zero-order chi connectivity index (χ0) is 13.7. The minimum atomic E-state index is -1.34. The van der Waals surface area contributed by atoms with Gasteiger partial charge in [0.25, 0.3) is 0 Å². The molecule has 4 heteroatoms. The van der Waals surface area contributed by atoms with Crippen molar-refractivity contribution in [3.63, 3.8) is 0 Å². The van der Waals surface area contributed by atoms with E-state index in [2.05, 4.69) is 0 Å². The third kappa shape index (κ3) is 2.05. The van der Waals surface area contributed by atoms with E-state index in [0.29, 0.717) is 5.92 Å². The van der Waals surface area contributed by atoms with E-state index in [1.54, 1.807) is 7.05 Å². The predicted molar refractivity (Wildman–Crippen MR) is 70.4 cm³/mol. The summed E-state index contributed by atoms with van der Waals surface area (Å²) in [5.41, 5.74) is 0. The molecule has 0 aromatic carbocycles. The van der Waals surface area contributed by atoms with Crippen LogP contribution in [0.3, 0.4) is 0 Å². The minimum absolute atomic E-state index is 0.0543. The number of nitrogens with zero attached hydrogens (tertiary/aromatic N) is 1. The van der Waals surface area contributed by atoms with Crippen LogP contribution in [0.1, 0.15) is 39.0 Å². The fourth-order valence-electron chi connectivity index (χ4n) is 5.35. The third-order valence-corrected chi connectivity index (χ3v) is 5.97. The Balaban J connectivity index is 1.75. The first-order valence-electron chi connectivity index (χ1n) is 7.47. The molecule has 1 atom stereocenters. The molecule has 4 saturated carbocycles. The van der Waals surface area contributed by atoms with Crippen LogP contribution in [0, 0.1) is 29.6 Å². The lowest BCUT2D eigenvalue weighted by Gasteiger charge is -2.56. The van der Waals surface area contributed by atoms with Crippen molar-refractivity contribution in [2.75, 3.05) is 7.05 Å². The Morgan fingerprint density at radius 3 is 1.95 bits per heavy atom. The molecular weight excluding hydrogens is 242 g/mol. The highest BCUT2D eigenvalue weighted by molar-refractivity contribution is 6.31. The van der Waals surface area contributed by atoms with Gasteiger partial charge in [0.15, 0.2) is 0 Å². The van der Waals surface area contributed by atoms with Crippen molar-refractivity contribution in [3.05, 3.63) is 0 Å². The van der Waals surface area contributed by atoms with Gasteiger partial charge in [-0.25, -0.2) is 4.79 Å². The SMILES string of the molecule is CC(C1C2CC3CC(C2)CC1C3)N(C)C(=O)C(=O)O. The second-order valence-electron chi connectivity index (χ2n) is 6.97. The van der Waals surface area contributed by atoms with Crippen LogP contribution in [0.5, 0.6) is 0 Å². The molecule has 1 unspecified atom stereocenters. The lowest BCUT2D eigenvalue weighted by atomic mass is 9.50. The molecule has 4 bridgehead atoms. The smallest absolute Gasteiger partial charge is 0.394 e. The molecule has 0 spiro atoms. The zero-order valence-electron chi connectivity index (χ0n) is 11.7. The zero-order valence-corrected chi connectivity index (χ0v) is 11.7. The van der Waals surface area contributed by atoms with Crippen LogP contribution >= 0.6 is 0 Å². The molecule has 4 aliphatic rings. The van der Waals surface area contributed by atoms with E-state index in [9.17, 15) is 9.59 Å². The third-order valence-electron chi connectivity index (χ3n) is 5.97. The van der Waals surface area contributed by atoms with Crippen molar-refractivity contribution in [2.45, 2.75) is 45.1 Å². The Hall–Kier alpha value is -1.06. The molecule has 4 rings (SSSR count). The molecule has 4 nitrogen and oxygen atoms in total. The van der Waals surface area contributed by atoms with Crippen molar-refractivity contribution in [3.8, 4) is 0 Å². The second kappa shape index (κ2) is 4.50. The lowest BCUT2D eigenvalue weighted by Crippen LogP contribution is -2.54. The van der Waals surface area contributed by atoms with E-state index < -0.39 is 11.9 Å². The molecule has 4 aliphatic carbocycles. The van der Waals surface area contributed by atoms with Gasteiger partial charge >= 0.3 is 11.9 Å². The molecule has 0 heterocycles. The highest BCUT2D eigenvalue weighted by Gasteiger charge is 2.50. The Kier molecular flexibility index (Phi) is 3.06. The summed E-state index contributed by atoms with van der Waals surface area (Å²) in [5.74, 6) is 1.67. The van der Waals surface area contributed by atoms with Gasteiger partial charge in [0, 0.05) is 13.1 Å². The van der Waals surface area contributed by atoms with Gasteiger partial charge in [-0.15, -0.1) is 0 Å². The summed E-state index contributed by atoms with van der Waals surface area (Å²) < 4.78 is 0. The van der Waals surface area contributed by atoms with E-state index in [4.69, 9.17) is 5.11 Å². The van der Waals surface area contributed by atoms with Crippen LogP contribution < -0.4 is 0 Å². The summed E-state index contributed by atoms with van der Waals surface area (Å²) >= 11 is 0. The Morgan fingerprint density at radius 2 is 1.53 bits per heavy atom. The summed E-state index contributed by atoms with van der Waals surface area (Å²) in [5, 5.41) is 8.86. The number of likely N-dealkylation sites (N-methyl/N-ethyl adjacent to an activating group) is 1. The average molecular weight is 265 g/mol. The second-order valence-corrected chi connectivity index (χ2v) is 6.97. The van der Waals surface area contributed by atoms with Crippen molar-refractivity contribution >= 4 is 11.9 Å². The number of carbonyl (C=O) groups is 2. The molecule has 0 aliphatic heterocycles. The Labute approximate surface area is 114 Å². The fourth-order valence-corrected chi connectivity index (χ4v) is 5.35. The largest absolute Gasteiger partial charge is 0.474 e. The van der Waals surface area contributed by atoms with E-state index in [0.717, 1.165) is 23.7 Å². The van der Waals surface area contributed by atoms with Crippen LogP contribution in [0.15, 0.2) is 0 Å². The number of carboxylic acid groups (broad SMARTS) is 1. The molecular formula is C15H23NO3. The van der Waals surface area contributed by atoms with Crippen LogP contribution in [-0.2, 0) is 9.59 Å². The summed E-state index contributed by atoms with van der Waals surface area (Å²) in [7, 11) is 1.65. The van der Waals surface area contributed by atoms with E-state index in [1.807, 2.05) is 6.92 Å². The first-order chi connectivity index (χ1) is 8.97. The maximum absolute atomic E-state index is 11.6. The van der Waals surface area contributed by atoms with Crippen molar-refractivity contribution in [2.24, 2.45) is 29.6 Å². The van der Waals surface area contributed by atoms with Gasteiger partial charge in [0.2, 0.25) is 0 Å². The fraction of sp³-hybridized carbons (Fsp3) is 0.867. The molecule has 1 amide bonds. The maximum atomic E-state index is 11.6. The summed E-state index contributed by atoms with van der Waals surface area (Å²) in [6, 6.07) is 0.0543. The number of amides is 1. The van der Waals surface area contributed by atoms with Crippen molar-refractivity contribution < 1.29 is 14.7 Å². The molecule has 0 aromatic heterocycles. The number of hydrogen-bond donors (Lipinski definition) is 1. The maximum Gasteiger partial charge on any atom is 0.394 e. The monoisotopic (exact) mass is 265 g/mol. The molecule has 19 heavy (non-hydrogen) atoms. The first kappa shape index (κ1) is 12.9. The number of hydrogen-bond acceptors (Lipinski definition) is 2. The molecule has 4 fully saturated rings. The summed E-state index contributed by atoms with van der Waals surface area (Å²) in [4.78, 5) is 23.9. The van der Waals surface area contributed by atoms with Crippen molar-refractivity contribution in [1.82, 2.24) is 4.90 Å². The van der Waals surface area contributed by atoms with Crippen LogP contribution in [0.25, 0.3) is 0 Å². The van der Waals surface area contributed by atoms with Gasteiger partial charge in [-0.2, -0.15) is 0 Å². The van der Waals surface area contributed by atoms with Gasteiger partial charge in [0.1, 0.15) is 0 Å². The number of carboxylic acids is 1. The molecule has 0 aromatic rings. The Bertz CT molecular complexity index is 378. The molecule has 0 radical (unpaired) electrons. The Morgan fingerprint density at radius 1 is 1.05 bits per heavy atom. The summed E-state index contributed by atoms with van der Waals surface area (Å²) in [6.07, 6.45) is 6.63. The highest BCUT2D eigenvalue weighted by atomic mass is 16.4. The number of rotatable bonds is 2. The van der Waals surface area contributed by atoms with Gasteiger partial charge in [0.05, 0.1) is 0 Å². The average Bonchev–Trinajstić information content (AvgIpc) is 2.35. The summed E-state index contributed by atoms with van der Waals surface area (Å²) in [6.45, 7) is 2.04. The quantitative estimate of drug-likeness (QED) is 0.777. The van der Waals surface area contributed by atoms with Crippen molar-refractivity contribution in [1.29, 1.82) is 0 Å². The van der Waals surface area contributed by atoms with E-state index >= 15 is 0 Å². The highest BCUT2D eigenvalue weighted by Crippen LogP contribution is 2.57. The first-order valence-corrected chi connectivity index (χ1v) is 7.47. The topological polar surface area (TPSA) is 57.6 Å². The van der Waals surface area contributed by atoms with Crippen LogP contribution in [0.4, 0.5) is 0 Å². The predicted octanol–water partition coefficient (Wildman–Crippen LogP) is 1.99. The molecule has 106 valence electrons. The van der Waals surface area contributed by atoms with Gasteiger partial charge in [-0.1, -0.05) is 0 Å². The van der Waals surface area contributed by atoms with Crippen LogP contribution in [-0.4, -0.2) is 35.0 Å². The number of aliphatic carboxylic acids is 1.